The summed E-state index contributed by atoms with van der Waals surface area (Å²) >= 11 is 4.04. The number of ether oxygens (including phenoxy) is 2. The highest BCUT2D eigenvalue weighted by Crippen LogP contribution is 2.19. The third-order valence-electron chi connectivity index (χ3n) is 3.03. The van der Waals surface area contributed by atoms with E-state index in [0.717, 1.165) is 11.1 Å². The second-order valence-corrected chi connectivity index (χ2v) is 5.57. The van der Waals surface area contributed by atoms with Crippen molar-refractivity contribution in [3.63, 3.8) is 0 Å². The van der Waals surface area contributed by atoms with Gasteiger partial charge in [-0.1, -0.05) is 30.3 Å². The zero-order chi connectivity index (χ0) is 15.8. The first-order valence-corrected chi connectivity index (χ1v) is 7.61. The number of aromatic nitrogens is 1. The van der Waals surface area contributed by atoms with Gasteiger partial charge in [-0.25, -0.2) is 4.98 Å². The molecule has 22 heavy (non-hydrogen) atoms. The van der Waals surface area contributed by atoms with E-state index in [0.29, 0.717) is 19.1 Å². The van der Waals surface area contributed by atoms with E-state index in [1.165, 1.54) is 0 Å². The van der Waals surface area contributed by atoms with Crippen LogP contribution in [0.1, 0.15) is 6.92 Å². The summed E-state index contributed by atoms with van der Waals surface area (Å²) in [4.78, 5) is 15.6. The number of ketones is 1. The maximum absolute atomic E-state index is 11.3. The van der Waals surface area contributed by atoms with E-state index in [4.69, 9.17) is 9.47 Å². The molecule has 0 aliphatic rings. The molecule has 1 atom stereocenters. The Morgan fingerprint density at radius 2 is 1.91 bits per heavy atom. The van der Waals surface area contributed by atoms with E-state index in [1.54, 1.807) is 13.1 Å². The van der Waals surface area contributed by atoms with Gasteiger partial charge in [-0.3, -0.25) is 4.79 Å². The number of carbonyl (C=O) groups excluding carboxylic acids is 1. The number of rotatable bonds is 8. The molecule has 1 unspecified atom stereocenters. The van der Waals surface area contributed by atoms with Crippen LogP contribution in [0, 0.1) is 0 Å². The molecule has 5 heteroatoms. The molecule has 0 saturated carbocycles. The summed E-state index contributed by atoms with van der Waals surface area (Å²) < 4.78 is 10.7. The maximum atomic E-state index is 11.3. The van der Waals surface area contributed by atoms with Gasteiger partial charge in [0.2, 0.25) is 5.88 Å². The maximum Gasteiger partial charge on any atom is 0.213 e. The summed E-state index contributed by atoms with van der Waals surface area (Å²) in [5, 5.41) is -0.298. The van der Waals surface area contributed by atoms with Crippen LogP contribution in [0.5, 0.6) is 5.88 Å². The van der Waals surface area contributed by atoms with Crippen LogP contribution in [0.2, 0.25) is 0 Å². The van der Waals surface area contributed by atoms with Crippen molar-refractivity contribution in [1.82, 2.24) is 4.98 Å². The van der Waals surface area contributed by atoms with Gasteiger partial charge in [0, 0.05) is 17.8 Å². The molecule has 1 aromatic carbocycles. The second-order valence-electron chi connectivity index (χ2n) is 4.79. The van der Waals surface area contributed by atoms with Crippen LogP contribution >= 0.6 is 12.6 Å². The van der Waals surface area contributed by atoms with E-state index >= 15 is 0 Å². The van der Waals surface area contributed by atoms with E-state index in [1.807, 2.05) is 42.5 Å². The van der Waals surface area contributed by atoms with Gasteiger partial charge < -0.3 is 9.47 Å². The SMILES string of the molecule is CC(S)C(=O)COCCOc1ccc(-c2ccccc2)cn1. The van der Waals surface area contributed by atoms with Gasteiger partial charge >= 0.3 is 0 Å². The van der Waals surface area contributed by atoms with Gasteiger partial charge in [-0.2, -0.15) is 12.6 Å². The molecular formula is C17H19NO3S. The zero-order valence-corrected chi connectivity index (χ0v) is 13.3. The van der Waals surface area contributed by atoms with Crippen LogP contribution in [0.4, 0.5) is 0 Å². The van der Waals surface area contributed by atoms with E-state index in [-0.39, 0.29) is 17.6 Å². The van der Waals surface area contributed by atoms with Gasteiger partial charge in [0.25, 0.3) is 0 Å². The highest BCUT2D eigenvalue weighted by Gasteiger charge is 2.07. The molecule has 1 aromatic heterocycles. The van der Waals surface area contributed by atoms with Gasteiger partial charge in [-0.15, -0.1) is 0 Å². The summed E-state index contributed by atoms with van der Waals surface area (Å²) in [6, 6.07) is 13.8. The Morgan fingerprint density at radius 1 is 1.14 bits per heavy atom. The quantitative estimate of drug-likeness (QED) is 0.600. The Bertz CT molecular complexity index is 585. The van der Waals surface area contributed by atoms with Crippen LogP contribution in [0.25, 0.3) is 11.1 Å². The van der Waals surface area contributed by atoms with Crippen LogP contribution in [0.15, 0.2) is 48.7 Å². The Morgan fingerprint density at radius 3 is 2.55 bits per heavy atom. The van der Waals surface area contributed by atoms with Crippen molar-refractivity contribution in [3.05, 3.63) is 48.7 Å². The number of Topliss-reactive ketones (excluding diaryl/α,β-unsaturated/α-hetero) is 1. The van der Waals surface area contributed by atoms with Crippen LogP contribution in [-0.4, -0.2) is 35.8 Å². The highest BCUT2D eigenvalue weighted by molar-refractivity contribution is 7.81. The molecule has 116 valence electrons. The Kier molecular flexibility index (Phi) is 6.43. The molecule has 0 N–H and O–H groups in total. The molecule has 0 saturated heterocycles. The first-order chi connectivity index (χ1) is 10.7. The van der Waals surface area contributed by atoms with E-state index < -0.39 is 0 Å². The van der Waals surface area contributed by atoms with Crippen molar-refractivity contribution in [2.75, 3.05) is 19.8 Å². The average Bonchev–Trinajstić information content (AvgIpc) is 2.55. The predicted octanol–water partition coefficient (Wildman–Crippen LogP) is 3.03. The van der Waals surface area contributed by atoms with Crippen molar-refractivity contribution >= 4 is 18.4 Å². The molecule has 4 nitrogen and oxygen atoms in total. The van der Waals surface area contributed by atoms with Gasteiger partial charge in [-0.05, 0) is 18.6 Å². The number of thiol groups is 1. The number of nitrogens with zero attached hydrogens (tertiary/aromatic N) is 1. The minimum atomic E-state index is -0.298. The topological polar surface area (TPSA) is 48.4 Å². The minimum Gasteiger partial charge on any atom is -0.475 e. The molecule has 1 heterocycles. The van der Waals surface area contributed by atoms with Gasteiger partial charge in [0.05, 0.1) is 11.9 Å². The monoisotopic (exact) mass is 317 g/mol. The third kappa shape index (κ3) is 5.16. The number of pyridine rings is 1. The fourth-order valence-corrected chi connectivity index (χ4v) is 1.84. The molecule has 2 rings (SSSR count). The lowest BCUT2D eigenvalue weighted by molar-refractivity contribution is -0.122. The van der Waals surface area contributed by atoms with Crippen molar-refractivity contribution in [3.8, 4) is 17.0 Å². The van der Waals surface area contributed by atoms with Gasteiger partial charge in [0.1, 0.15) is 13.2 Å². The normalized spacial score (nSPS) is 11.9. The van der Waals surface area contributed by atoms with Crippen molar-refractivity contribution in [1.29, 1.82) is 0 Å². The second kappa shape index (κ2) is 8.56. The van der Waals surface area contributed by atoms with Crippen molar-refractivity contribution < 1.29 is 14.3 Å². The standard InChI is InChI=1S/C17H19NO3S/c1-13(22)16(19)12-20-9-10-21-17-8-7-15(11-18-17)14-5-3-2-4-6-14/h2-8,11,13,22H,9-10,12H2,1H3. The summed E-state index contributed by atoms with van der Waals surface area (Å²) in [5.41, 5.74) is 2.15. The van der Waals surface area contributed by atoms with Crippen molar-refractivity contribution in [2.45, 2.75) is 12.2 Å². The third-order valence-corrected chi connectivity index (χ3v) is 3.32. The molecule has 2 aromatic rings. The van der Waals surface area contributed by atoms with E-state index in [9.17, 15) is 4.79 Å². The molecule has 0 spiro atoms. The van der Waals surface area contributed by atoms with Crippen LogP contribution < -0.4 is 4.74 Å². The molecule has 0 aliphatic heterocycles. The minimum absolute atomic E-state index is 0.0336. The Hall–Kier alpha value is -1.85. The van der Waals surface area contributed by atoms with Crippen LogP contribution in [0.3, 0.4) is 0 Å². The number of benzene rings is 1. The molecule has 0 fully saturated rings. The summed E-state index contributed by atoms with van der Waals surface area (Å²) in [7, 11) is 0. The fourth-order valence-electron chi connectivity index (χ4n) is 1.77. The van der Waals surface area contributed by atoms with Crippen LogP contribution in [-0.2, 0) is 9.53 Å². The number of carbonyl (C=O) groups is 1. The van der Waals surface area contributed by atoms with E-state index in [2.05, 4.69) is 17.6 Å². The zero-order valence-electron chi connectivity index (χ0n) is 12.4. The lowest BCUT2D eigenvalue weighted by Gasteiger charge is -2.08. The lowest BCUT2D eigenvalue weighted by Crippen LogP contribution is -2.19. The molecule has 0 amide bonds. The van der Waals surface area contributed by atoms with Gasteiger partial charge in [0.15, 0.2) is 5.78 Å². The summed E-state index contributed by atoms with van der Waals surface area (Å²) in [6.45, 7) is 2.48. The lowest BCUT2D eigenvalue weighted by atomic mass is 10.1. The number of hydrogen-bond acceptors (Lipinski definition) is 5. The summed E-state index contributed by atoms with van der Waals surface area (Å²) in [5.74, 6) is 0.505. The predicted molar refractivity (Wildman–Crippen MR) is 89.4 cm³/mol. The molecular weight excluding hydrogens is 298 g/mol. The summed E-state index contributed by atoms with van der Waals surface area (Å²) in [6.07, 6.45) is 1.78. The molecule has 0 bridgehead atoms. The van der Waals surface area contributed by atoms with Crippen molar-refractivity contribution in [2.24, 2.45) is 0 Å². The average molecular weight is 317 g/mol. The molecule has 0 aliphatic carbocycles. The Balaban J connectivity index is 1.74. The highest BCUT2D eigenvalue weighted by atomic mass is 32.1. The smallest absolute Gasteiger partial charge is 0.213 e. The molecule has 0 radical (unpaired) electrons. The largest absolute Gasteiger partial charge is 0.475 e. The fraction of sp³-hybridized carbons (Fsp3) is 0.294. The first-order valence-electron chi connectivity index (χ1n) is 7.09. The number of hydrogen-bond donors (Lipinski definition) is 1. The first kappa shape index (κ1) is 16.5. The Labute approximate surface area is 135 Å².